The number of halogens is 1. The van der Waals surface area contributed by atoms with E-state index in [0.29, 0.717) is 11.1 Å². The van der Waals surface area contributed by atoms with Crippen LogP contribution >= 0.6 is 15.9 Å². The van der Waals surface area contributed by atoms with Crippen LogP contribution in [0.4, 0.5) is 5.69 Å². The van der Waals surface area contributed by atoms with Gasteiger partial charge in [-0.2, -0.15) is 0 Å². The number of rotatable bonds is 2. The first-order chi connectivity index (χ1) is 16.5. The highest BCUT2D eigenvalue weighted by Crippen LogP contribution is 2.60. The summed E-state index contributed by atoms with van der Waals surface area (Å²) in [6.45, 7) is 0. The van der Waals surface area contributed by atoms with Gasteiger partial charge in [0.05, 0.1) is 13.2 Å². The number of hydrogen-bond acceptors (Lipinski definition) is 5. The van der Waals surface area contributed by atoms with Crippen molar-refractivity contribution in [2.24, 2.45) is 5.41 Å². The van der Waals surface area contributed by atoms with Gasteiger partial charge in [0, 0.05) is 27.2 Å². The van der Waals surface area contributed by atoms with Crippen molar-refractivity contribution >= 4 is 45.2 Å². The molecule has 1 aliphatic carbocycles. The summed E-state index contributed by atoms with van der Waals surface area (Å²) in [5.74, 6) is -1.70. The molecule has 2 aliphatic heterocycles. The normalized spacial score (nSPS) is 23.6. The number of nitrogens with zero attached hydrogens (tertiary/aromatic N) is 1. The highest BCUT2D eigenvalue weighted by atomic mass is 79.9. The molecule has 1 spiro atoms. The molecule has 0 unspecified atom stereocenters. The first-order valence-corrected chi connectivity index (χ1v) is 11.9. The fourth-order valence-electron chi connectivity index (χ4n) is 6.05. The second-order valence-corrected chi connectivity index (χ2v) is 9.76. The predicted octanol–water partition coefficient (Wildman–Crippen LogP) is 5.06. The number of carbonyl (C=O) groups excluding carboxylic acids is 3. The first-order valence-electron chi connectivity index (χ1n) is 11.1. The summed E-state index contributed by atoms with van der Waals surface area (Å²) in [7, 11) is 1.35. The maximum absolute atomic E-state index is 14.3. The second kappa shape index (κ2) is 7.50. The standard InChI is InChI=1S/C28H20BrNO4/c1-34-27(33)24-23(17-10-13-18(29)14-11-17)28(25(31)19-7-3-4-8-20(19)26(28)32)22-15-12-16-6-2-5-9-21(16)30(22)24/h2-15,22-24H,1H3/t22-,23-,24+/m1/s1. The van der Waals surface area contributed by atoms with E-state index < -0.39 is 29.4 Å². The number of benzene rings is 3. The SMILES string of the molecule is COC(=O)[C@@H]1[C@@H](c2ccc(Br)cc2)C2(C(=O)c3ccccc3C2=O)[C@H]2C=Cc3ccccc3N12. The molecule has 3 aromatic carbocycles. The maximum atomic E-state index is 14.3. The highest BCUT2D eigenvalue weighted by molar-refractivity contribution is 9.10. The molecular formula is C28H20BrNO4. The number of hydrogen-bond donors (Lipinski definition) is 0. The molecule has 0 amide bonds. The Bertz CT molecular complexity index is 1360. The Hall–Kier alpha value is -3.51. The fourth-order valence-corrected chi connectivity index (χ4v) is 6.32. The highest BCUT2D eigenvalue weighted by Gasteiger charge is 2.71. The third kappa shape index (κ3) is 2.57. The number of carbonyl (C=O) groups is 3. The first kappa shape index (κ1) is 21.1. The van der Waals surface area contributed by atoms with Crippen molar-refractivity contribution < 1.29 is 19.1 Å². The average molecular weight is 514 g/mol. The van der Waals surface area contributed by atoms with E-state index in [1.807, 2.05) is 65.6 Å². The molecular weight excluding hydrogens is 494 g/mol. The van der Waals surface area contributed by atoms with Crippen LogP contribution in [0.15, 0.2) is 83.3 Å². The number of ketones is 2. The van der Waals surface area contributed by atoms with Crippen LogP contribution in [-0.2, 0) is 9.53 Å². The summed E-state index contributed by atoms with van der Waals surface area (Å²) in [5.41, 5.74) is 1.81. The van der Waals surface area contributed by atoms with Crippen LogP contribution < -0.4 is 4.90 Å². The lowest BCUT2D eigenvalue weighted by atomic mass is 9.65. The van der Waals surface area contributed by atoms with Crippen molar-refractivity contribution in [3.8, 4) is 0 Å². The van der Waals surface area contributed by atoms with Gasteiger partial charge in [-0.1, -0.05) is 82.7 Å². The minimum absolute atomic E-state index is 0.244. The zero-order chi connectivity index (χ0) is 23.6. The molecule has 0 aromatic heterocycles. The van der Waals surface area contributed by atoms with Crippen molar-refractivity contribution in [1.82, 2.24) is 0 Å². The molecule has 34 heavy (non-hydrogen) atoms. The average Bonchev–Trinajstić information content (AvgIpc) is 3.31. The Morgan fingerprint density at radius 2 is 1.53 bits per heavy atom. The molecule has 0 N–H and O–H groups in total. The Morgan fingerprint density at radius 1 is 0.912 bits per heavy atom. The molecule has 6 rings (SSSR count). The minimum atomic E-state index is -1.49. The van der Waals surface area contributed by atoms with Gasteiger partial charge in [-0.15, -0.1) is 0 Å². The largest absolute Gasteiger partial charge is 0.467 e. The zero-order valence-electron chi connectivity index (χ0n) is 18.3. The minimum Gasteiger partial charge on any atom is -0.467 e. The molecule has 3 atom stereocenters. The number of methoxy groups -OCH3 is 1. The van der Waals surface area contributed by atoms with E-state index in [4.69, 9.17) is 4.74 Å². The lowest BCUT2D eigenvalue weighted by Crippen LogP contribution is -2.48. The van der Waals surface area contributed by atoms with Crippen LogP contribution in [-0.4, -0.2) is 36.7 Å². The van der Waals surface area contributed by atoms with Gasteiger partial charge >= 0.3 is 5.97 Å². The summed E-state index contributed by atoms with van der Waals surface area (Å²) >= 11 is 3.47. The smallest absolute Gasteiger partial charge is 0.329 e. The quantitative estimate of drug-likeness (QED) is 0.354. The van der Waals surface area contributed by atoms with E-state index in [2.05, 4.69) is 15.9 Å². The van der Waals surface area contributed by atoms with E-state index in [1.165, 1.54) is 7.11 Å². The number of para-hydroxylation sites is 1. The summed E-state index contributed by atoms with van der Waals surface area (Å²) < 4.78 is 6.16. The third-order valence-electron chi connectivity index (χ3n) is 7.38. The van der Waals surface area contributed by atoms with Crippen LogP contribution in [0.3, 0.4) is 0 Å². The van der Waals surface area contributed by atoms with Crippen LogP contribution in [0.1, 0.15) is 37.8 Å². The summed E-state index contributed by atoms with van der Waals surface area (Å²) in [5, 5.41) is 0. The summed E-state index contributed by atoms with van der Waals surface area (Å²) in [6.07, 6.45) is 3.85. The van der Waals surface area contributed by atoms with Crippen molar-refractivity contribution in [2.45, 2.75) is 18.0 Å². The number of anilines is 1. The van der Waals surface area contributed by atoms with E-state index in [1.54, 1.807) is 24.3 Å². The van der Waals surface area contributed by atoms with Crippen molar-refractivity contribution in [3.63, 3.8) is 0 Å². The molecule has 3 aliphatic rings. The van der Waals surface area contributed by atoms with Gasteiger partial charge in [-0.3, -0.25) is 9.59 Å². The molecule has 168 valence electrons. The molecule has 5 nitrogen and oxygen atoms in total. The van der Waals surface area contributed by atoms with Crippen LogP contribution in [0.25, 0.3) is 6.08 Å². The fraction of sp³-hybridized carbons (Fsp3) is 0.179. The van der Waals surface area contributed by atoms with Crippen LogP contribution in [0.5, 0.6) is 0 Å². The molecule has 0 radical (unpaired) electrons. The van der Waals surface area contributed by atoms with E-state index in [9.17, 15) is 14.4 Å². The van der Waals surface area contributed by atoms with Crippen LogP contribution in [0.2, 0.25) is 0 Å². The van der Waals surface area contributed by atoms with Gasteiger partial charge in [0.15, 0.2) is 11.6 Å². The molecule has 2 heterocycles. The van der Waals surface area contributed by atoms with Gasteiger partial charge in [0.2, 0.25) is 0 Å². The molecule has 0 bridgehead atoms. The molecule has 3 aromatic rings. The molecule has 0 saturated carbocycles. The summed E-state index contributed by atoms with van der Waals surface area (Å²) in [6, 6.07) is 20.7. The third-order valence-corrected chi connectivity index (χ3v) is 7.91. The van der Waals surface area contributed by atoms with Gasteiger partial charge < -0.3 is 9.64 Å². The van der Waals surface area contributed by atoms with E-state index in [-0.39, 0.29) is 11.6 Å². The Morgan fingerprint density at radius 3 is 2.18 bits per heavy atom. The van der Waals surface area contributed by atoms with Crippen molar-refractivity contribution in [3.05, 3.63) is 106 Å². The molecule has 1 fully saturated rings. The van der Waals surface area contributed by atoms with E-state index in [0.717, 1.165) is 21.3 Å². The van der Waals surface area contributed by atoms with Gasteiger partial charge in [-0.25, -0.2) is 4.79 Å². The zero-order valence-corrected chi connectivity index (χ0v) is 19.9. The van der Waals surface area contributed by atoms with Gasteiger partial charge in [0.1, 0.15) is 11.5 Å². The summed E-state index contributed by atoms with van der Waals surface area (Å²) in [4.78, 5) is 43.9. The number of ether oxygens (including phenoxy) is 1. The van der Waals surface area contributed by atoms with Gasteiger partial charge in [0.25, 0.3) is 0 Å². The predicted molar refractivity (Wildman–Crippen MR) is 132 cm³/mol. The lowest BCUT2D eigenvalue weighted by Gasteiger charge is -2.36. The topological polar surface area (TPSA) is 63.7 Å². The Labute approximate surface area is 205 Å². The Balaban J connectivity index is 1.69. The lowest BCUT2D eigenvalue weighted by molar-refractivity contribution is -0.142. The monoisotopic (exact) mass is 513 g/mol. The van der Waals surface area contributed by atoms with Crippen molar-refractivity contribution in [2.75, 3.05) is 12.0 Å². The molecule has 1 saturated heterocycles. The van der Waals surface area contributed by atoms with Crippen molar-refractivity contribution in [1.29, 1.82) is 0 Å². The number of fused-ring (bicyclic) bond motifs is 5. The second-order valence-electron chi connectivity index (χ2n) is 8.84. The van der Waals surface area contributed by atoms with Crippen LogP contribution in [0, 0.1) is 5.41 Å². The number of esters is 1. The maximum Gasteiger partial charge on any atom is 0.329 e. The van der Waals surface area contributed by atoms with E-state index >= 15 is 0 Å². The Kier molecular flexibility index (Phi) is 4.64. The molecule has 6 heteroatoms. The van der Waals surface area contributed by atoms with Gasteiger partial charge in [-0.05, 0) is 29.3 Å². The number of Topliss-reactive ketones (excluding diaryl/α,β-unsaturated/α-hetero) is 2.